The number of rotatable bonds is 15. The minimum atomic E-state index is -1.13. The molecule has 606 valence electrons. The lowest BCUT2D eigenvalue weighted by molar-refractivity contribution is -0.141. The number of piperidine rings is 3. The van der Waals surface area contributed by atoms with Crippen LogP contribution < -0.4 is 28.9 Å². The first-order chi connectivity index (χ1) is 59.0. The molecule has 29 nitrogen and oxygen atoms in total. The molecular formula is C91H82FN21O8. The number of piperazine rings is 3. The molecule has 0 amide bonds. The Balaban J connectivity index is 0.000000120. The SMILES string of the molecule is COc1ccc(CN2C3CC2CN(c2ccc(-c4cc(C#CC5(O)CCC5)cn5ncc(C#N)c45)cn2)C3)cn1.COc1ccc(CN2C3CC2CN(c2ccc(-c4cc(C#CC5(O)COC5)cn5ncc(C#N)c45)cn2)C3)cn1.COc1ncc(CN2C3CC2CN(c2ccc(-c4cc(C#CC5(O)COC5)cn5ncc(C#N)c45)cn2)C3)cc1F. The number of hydrogen-bond donors (Lipinski definition) is 3. The Kier molecular flexibility index (Phi) is 20.5. The minimum Gasteiger partial charge on any atom is -0.481 e. The first-order valence-corrected chi connectivity index (χ1v) is 40.2. The Morgan fingerprint density at radius 2 is 0.777 bits per heavy atom. The average Bonchev–Trinajstić information content (AvgIpc) is 1.74. The van der Waals surface area contributed by atoms with Crippen molar-refractivity contribution < 1.29 is 43.4 Å². The van der Waals surface area contributed by atoms with Gasteiger partial charge in [-0.1, -0.05) is 47.7 Å². The molecule has 6 bridgehead atoms. The molecule has 12 aromatic rings. The van der Waals surface area contributed by atoms with Gasteiger partial charge in [-0.2, -0.15) is 31.1 Å². The van der Waals surface area contributed by atoms with Gasteiger partial charge in [-0.05, 0) is 116 Å². The number of methoxy groups -OCH3 is 3. The normalized spacial score (nSPS) is 21.0. The molecule has 12 aromatic heterocycles. The van der Waals surface area contributed by atoms with Crippen LogP contribution in [-0.4, -0.2) is 229 Å². The quantitative estimate of drug-likeness (QED) is 0.0817. The summed E-state index contributed by atoms with van der Waals surface area (Å²) in [4.78, 5) is 41.7. The molecule has 12 fully saturated rings. The zero-order chi connectivity index (χ0) is 82.7. The number of anilines is 3. The van der Waals surface area contributed by atoms with Crippen molar-refractivity contribution in [3.05, 3.63) is 215 Å². The summed E-state index contributed by atoms with van der Waals surface area (Å²) in [6, 6.07) is 36.9. The minimum absolute atomic E-state index is 0.0121. The molecule has 6 unspecified atom stereocenters. The first kappa shape index (κ1) is 77.4. The highest BCUT2D eigenvalue weighted by atomic mass is 19.1. The van der Waals surface area contributed by atoms with Gasteiger partial charge in [0.05, 0.1) is 99.6 Å². The van der Waals surface area contributed by atoms with E-state index in [-0.39, 0.29) is 32.3 Å². The maximum atomic E-state index is 14.1. The van der Waals surface area contributed by atoms with Crippen molar-refractivity contribution in [3.63, 3.8) is 0 Å². The Morgan fingerprint density at radius 1 is 0.421 bits per heavy atom. The van der Waals surface area contributed by atoms with Crippen molar-refractivity contribution in [3.8, 4) is 105 Å². The van der Waals surface area contributed by atoms with E-state index in [1.807, 2.05) is 91.8 Å². The Bertz CT molecular complexity index is 6030. The Labute approximate surface area is 696 Å². The second kappa shape index (κ2) is 32.0. The largest absolute Gasteiger partial charge is 0.481 e. The van der Waals surface area contributed by atoms with Crippen LogP contribution >= 0.6 is 0 Å². The Morgan fingerprint density at radius 3 is 1.06 bits per heavy atom. The molecule has 1 saturated carbocycles. The van der Waals surface area contributed by atoms with Gasteiger partial charge in [0.1, 0.15) is 41.3 Å². The molecular weight excluding hydrogens is 1530 g/mol. The van der Waals surface area contributed by atoms with Gasteiger partial charge in [-0.25, -0.2) is 47.8 Å². The van der Waals surface area contributed by atoms with Crippen molar-refractivity contribution in [1.82, 2.24) is 73.4 Å². The van der Waals surface area contributed by atoms with Crippen molar-refractivity contribution >= 4 is 34.0 Å². The molecule has 3 N–H and O–H groups in total. The topological polar surface area (TPSA) is 327 Å². The summed E-state index contributed by atoms with van der Waals surface area (Å²) in [7, 11) is 4.67. The second-order valence-corrected chi connectivity index (χ2v) is 32.3. The molecule has 24 rings (SSSR count). The lowest BCUT2D eigenvalue weighted by atomic mass is 9.81. The third-order valence-corrected chi connectivity index (χ3v) is 24.4. The van der Waals surface area contributed by atoms with Crippen LogP contribution in [0.5, 0.6) is 17.6 Å². The number of nitriles is 3. The van der Waals surface area contributed by atoms with Gasteiger partial charge in [0.25, 0.3) is 0 Å². The van der Waals surface area contributed by atoms with Crippen LogP contribution in [0, 0.1) is 75.3 Å². The molecule has 30 heteroatoms. The summed E-state index contributed by atoms with van der Waals surface area (Å²) >= 11 is 0. The zero-order valence-corrected chi connectivity index (χ0v) is 66.6. The van der Waals surface area contributed by atoms with E-state index in [1.165, 1.54) is 43.3 Å². The van der Waals surface area contributed by atoms with Crippen molar-refractivity contribution in [1.29, 1.82) is 15.8 Å². The van der Waals surface area contributed by atoms with E-state index in [0.717, 1.165) is 133 Å². The number of nitrogens with zero attached hydrogens (tertiary/aromatic N) is 21. The van der Waals surface area contributed by atoms with Crippen LogP contribution in [0.1, 0.15) is 88.6 Å². The van der Waals surface area contributed by atoms with Crippen molar-refractivity contribution in [2.24, 2.45) is 0 Å². The maximum Gasteiger partial charge on any atom is 0.250 e. The fourth-order valence-electron chi connectivity index (χ4n) is 17.6. The summed E-state index contributed by atoms with van der Waals surface area (Å²) in [6.07, 6.45) is 26.9. The number of hydrogen-bond acceptors (Lipinski definition) is 26. The van der Waals surface area contributed by atoms with E-state index in [4.69, 9.17) is 38.6 Å². The average molecular weight is 1620 g/mol. The van der Waals surface area contributed by atoms with E-state index in [2.05, 4.69) is 138 Å². The number of pyridine rings is 9. The van der Waals surface area contributed by atoms with Crippen LogP contribution in [-0.2, 0) is 29.1 Å². The monoisotopic (exact) mass is 1620 g/mol. The van der Waals surface area contributed by atoms with Gasteiger partial charge < -0.3 is 53.7 Å². The highest BCUT2D eigenvalue weighted by molar-refractivity contribution is 5.88. The lowest BCUT2D eigenvalue weighted by Gasteiger charge is -2.56. The molecule has 6 atom stereocenters. The van der Waals surface area contributed by atoms with E-state index in [0.29, 0.717) is 106 Å². The highest BCUT2D eigenvalue weighted by Gasteiger charge is 2.48. The van der Waals surface area contributed by atoms with Gasteiger partial charge in [0.15, 0.2) is 17.0 Å². The van der Waals surface area contributed by atoms with Gasteiger partial charge in [-0.3, -0.25) is 14.7 Å². The number of aliphatic hydroxyl groups is 3. The highest BCUT2D eigenvalue weighted by Crippen LogP contribution is 2.42. The number of halogens is 1. The van der Waals surface area contributed by atoms with Gasteiger partial charge in [0, 0.05) is 213 Å². The summed E-state index contributed by atoms with van der Waals surface area (Å²) in [6.45, 7) is 8.60. The Hall–Kier alpha value is -13.5. The maximum absolute atomic E-state index is 14.1. The van der Waals surface area contributed by atoms with Gasteiger partial charge in [-0.15, -0.1) is 0 Å². The summed E-state index contributed by atoms with van der Waals surface area (Å²) < 4.78 is 44.6. The summed E-state index contributed by atoms with van der Waals surface area (Å²) in [5.41, 5.74) is 10.8. The zero-order valence-electron chi connectivity index (χ0n) is 66.6. The van der Waals surface area contributed by atoms with Crippen LogP contribution in [0.2, 0.25) is 0 Å². The van der Waals surface area contributed by atoms with E-state index in [9.17, 15) is 35.5 Å². The van der Waals surface area contributed by atoms with E-state index >= 15 is 0 Å². The lowest BCUT2D eigenvalue weighted by Crippen LogP contribution is -2.68. The van der Waals surface area contributed by atoms with Crippen molar-refractivity contribution in [2.45, 2.75) is 111 Å². The third-order valence-electron chi connectivity index (χ3n) is 24.4. The first-order valence-electron chi connectivity index (χ1n) is 40.2. The number of fused-ring (bicyclic) bond motifs is 9. The number of ether oxygens (including phenoxy) is 5. The molecule has 0 radical (unpaired) electrons. The smallest absolute Gasteiger partial charge is 0.250 e. The van der Waals surface area contributed by atoms with E-state index in [1.54, 1.807) is 58.8 Å². The molecule has 0 aromatic carbocycles. The third kappa shape index (κ3) is 15.4. The van der Waals surface area contributed by atoms with Gasteiger partial charge in [0.2, 0.25) is 17.6 Å². The molecule has 11 saturated heterocycles. The van der Waals surface area contributed by atoms with Crippen LogP contribution in [0.3, 0.4) is 0 Å². The standard InChI is InChI=1S/C31H29N7O2.C30H26FN7O3.C30H27N7O3/c1-40-29-6-3-22(14-34-29)17-37-25-12-26(37)20-36(19-25)28-5-4-23(15-33-28)27-11-21(7-10-31(39)8-2-9-31)18-38-30(27)24(13-32)16-35-38;1-40-29-26(31)7-20(10-34-29)13-37-23-8-24(37)16-36(15-23)27-3-2-21(11-33-27)25-6-19(4-5-30(39)17-41-18-30)14-38-28(25)22(9-32)12-35-38;1-39-28-5-2-21(11-33-28)14-36-24-9-25(36)17-35(16-24)27-4-3-22(12-32-27)26-8-20(6-7-30(38)18-40-19-30)15-37-29(26)23(10-31)13-34-37/h3-6,11,14-16,18,25-26,39H,2,8-9,12,17,19-20H2,1H3;2-3,6-7,10-12,14,23-24,39H,8,13,15-18H2,1H3;2-5,8,11-13,15,24-25,38H,9,14,16-19H2,1H3. The predicted molar refractivity (Wildman–Crippen MR) is 443 cm³/mol. The molecule has 23 heterocycles. The second-order valence-electron chi connectivity index (χ2n) is 32.3. The molecule has 11 aliphatic heterocycles. The van der Waals surface area contributed by atoms with Crippen LogP contribution in [0.4, 0.5) is 21.8 Å². The predicted octanol–water partition coefficient (Wildman–Crippen LogP) is 8.04. The van der Waals surface area contributed by atoms with E-state index < -0.39 is 22.6 Å². The molecule has 1 aliphatic carbocycles. The fourth-order valence-corrected chi connectivity index (χ4v) is 17.6. The fraction of sp³-hybridized carbons (Fsp3) is 0.341. The van der Waals surface area contributed by atoms with Crippen molar-refractivity contribution in [2.75, 3.05) is 102 Å². The van der Waals surface area contributed by atoms with Gasteiger partial charge >= 0.3 is 0 Å². The van der Waals surface area contributed by atoms with Crippen LogP contribution in [0.25, 0.3) is 49.9 Å². The molecule has 121 heavy (non-hydrogen) atoms. The summed E-state index contributed by atoms with van der Waals surface area (Å²) in [5, 5.41) is 73.2. The molecule has 0 spiro atoms. The molecule has 12 aliphatic rings. The number of aromatic nitrogens is 12. The van der Waals surface area contributed by atoms with Crippen LogP contribution in [0.15, 0.2) is 159 Å². The summed E-state index contributed by atoms with van der Waals surface area (Å²) in [5.74, 6) is 21.6.